The highest BCUT2D eigenvalue weighted by Gasteiger charge is 2.17. The molecule has 0 bridgehead atoms. The quantitative estimate of drug-likeness (QED) is 0.484. The first-order chi connectivity index (χ1) is 15.0. The largest absolute Gasteiger partial charge is 0.493 e. The zero-order chi connectivity index (χ0) is 21.8. The topological polar surface area (TPSA) is 84.9 Å². The Bertz CT molecular complexity index is 1170. The van der Waals surface area contributed by atoms with E-state index in [1.807, 2.05) is 24.3 Å². The molecule has 0 saturated carbocycles. The fourth-order valence-electron chi connectivity index (χ4n) is 3.13. The van der Waals surface area contributed by atoms with E-state index in [-0.39, 0.29) is 5.70 Å². The number of rotatable bonds is 6. The van der Waals surface area contributed by atoms with Crippen LogP contribution in [0.5, 0.6) is 17.2 Å². The number of carboxylic acids is 1. The minimum atomic E-state index is -1.23. The summed E-state index contributed by atoms with van der Waals surface area (Å²) < 4.78 is 12.1. The molecule has 1 heterocycles. The maximum absolute atomic E-state index is 12.6. The molecule has 0 spiro atoms. The van der Waals surface area contributed by atoms with Gasteiger partial charge in [-0.15, -0.1) is 0 Å². The summed E-state index contributed by atoms with van der Waals surface area (Å²) in [5.74, 6) is 0.313. The van der Waals surface area contributed by atoms with Crippen molar-refractivity contribution in [1.82, 2.24) is 5.32 Å². The van der Waals surface area contributed by atoms with Crippen LogP contribution in [-0.2, 0) is 11.2 Å². The molecule has 6 nitrogen and oxygen atoms in total. The van der Waals surface area contributed by atoms with E-state index >= 15 is 0 Å². The maximum atomic E-state index is 12.6. The van der Waals surface area contributed by atoms with Crippen LogP contribution in [0.25, 0.3) is 6.08 Å². The van der Waals surface area contributed by atoms with Gasteiger partial charge in [0.15, 0.2) is 0 Å². The predicted molar refractivity (Wildman–Crippen MR) is 119 cm³/mol. The molecule has 31 heavy (non-hydrogen) atoms. The Balaban J connectivity index is 1.49. The van der Waals surface area contributed by atoms with Crippen LogP contribution in [0.4, 0.5) is 0 Å². The molecule has 156 valence electrons. The van der Waals surface area contributed by atoms with Gasteiger partial charge in [-0.2, -0.15) is 0 Å². The van der Waals surface area contributed by atoms with Crippen molar-refractivity contribution < 1.29 is 24.2 Å². The molecule has 0 aromatic heterocycles. The van der Waals surface area contributed by atoms with Crippen LogP contribution >= 0.6 is 15.9 Å². The SMILES string of the molecule is O=C(O)/C(=C/c1ccc(Oc2ccccc2Br)cc1)NC(=O)c1ccc2c(c1)CCO2. The van der Waals surface area contributed by atoms with E-state index in [0.717, 1.165) is 22.2 Å². The number of aliphatic carboxylic acids is 1. The van der Waals surface area contributed by atoms with Crippen molar-refractivity contribution in [1.29, 1.82) is 0 Å². The van der Waals surface area contributed by atoms with Crippen molar-refractivity contribution in [3.63, 3.8) is 0 Å². The molecule has 0 fully saturated rings. The van der Waals surface area contributed by atoms with Crippen LogP contribution in [0.1, 0.15) is 21.5 Å². The zero-order valence-electron chi connectivity index (χ0n) is 16.3. The van der Waals surface area contributed by atoms with Gasteiger partial charge in [-0.05, 0) is 75.6 Å². The molecule has 1 amide bonds. The average Bonchev–Trinajstić information content (AvgIpc) is 3.24. The molecule has 1 aliphatic heterocycles. The second-order valence-corrected chi connectivity index (χ2v) is 7.69. The van der Waals surface area contributed by atoms with Gasteiger partial charge in [-0.25, -0.2) is 4.79 Å². The van der Waals surface area contributed by atoms with Gasteiger partial charge >= 0.3 is 5.97 Å². The maximum Gasteiger partial charge on any atom is 0.352 e. The van der Waals surface area contributed by atoms with Crippen LogP contribution in [0.3, 0.4) is 0 Å². The number of halogens is 1. The molecule has 2 N–H and O–H groups in total. The Hall–Kier alpha value is -3.58. The number of hydrogen-bond donors (Lipinski definition) is 2. The second kappa shape index (κ2) is 9.06. The van der Waals surface area contributed by atoms with Crippen molar-refractivity contribution in [2.75, 3.05) is 6.61 Å². The molecule has 7 heteroatoms. The molecule has 1 aliphatic rings. The summed E-state index contributed by atoms with van der Waals surface area (Å²) in [5.41, 5.74) is 1.71. The number of fused-ring (bicyclic) bond motifs is 1. The van der Waals surface area contributed by atoms with Gasteiger partial charge < -0.3 is 19.9 Å². The summed E-state index contributed by atoms with van der Waals surface area (Å²) in [6.07, 6.45) is 2.13. The number of carbonyl (C=O) groups excluding carboxylic acids is 1. The third kappa shape index (κ3) is 4.95. The third-order valence-electron chi connectivity index (χ3n) is 4.69. The lowest BCUT2D eigenvalue weighted by molar-refractivity contribution is -0.132. The number of carbonyl (C=O) groups is 2. The Labute approximate surface area is 187 Å². The van der Waals surface area contributed by atoms with E-state index in [9.17, 15) is 14.7 Å². The van der Waals surface area contributed by atoms with E-state index in [0.29, 0.717) is 29.2 Å². The number of benzene rings is 3. The lowest BCUT2D eigenvalue weighted by Crippen LogP contribution is -2.27. The van der Waals surface area contributed by atoms with Gasteiger partial charge in [0.2, 0.25) is 0 Å². The summed E-state index contributed by atoms with van der Waals surface area (Å²) in [6.45, 7) is 0.585. The highest BCUT2D eigenvalue weighted by atomic mass is 79.9. The molecule has 0 saturated heterocycles. The molecule has 0 unspecified atom stereocenters. The van der Waals surface area contributed by atoms with Crippen LogP contribution in [0.15, 0.2) is 76.9 Å². The van der Waals surface area contributed by atoms with Crippen molar-refractivity contribution in [2.45, 2.75) is 6.42 Å². The number of carboxylic acid groups (broad SMARTS) is 1. The van der Waals surface area contributed by atoms with Crippen LogP contribution in [0.2, 0.25) is 0 Å². The molecule has 3 aromatic rings. The van der Waals surface area contributed by atoms with Crippen molar-refractivity contribution >= 4 is 33.9 Å². The minimum absolute atomic E-state index is 0.221. The monoisotopic (exact) mass is 479 g/mol. The molecular weight excluding hydrogens is 462 g/mol. The molecule has 0 atom stereocenters. The number of amides is 1. The van der Waals surface area contributed by atoms with Crippen LogP contribution in [-0.4, -0.2) is 23.6 Å². The van der Waals surface area contributed by atoms with Crippen LogP contribution in [0, 0.1) is 0 Å². The predicted octanol–water partition coefficient (Wildman–Crippen LogP) is 5.03. The molecule has 0 aliphatic carbocycles. The van der Waals surface area contributed by atoms with Crippen molar-refractivity contribution in [3.05, 3.63) is 93.6 Å². The first kappa shape index (κ1) is 20.7. The van der Waals surface area contributed by atoms with Crippen LogP contribution < -0.4 is 14.8 Å². The number of nitrogens with one attached hydrogen (secondary N) is 1. The van der Waals surface area contributed by atoms with E-state index in [1.54, 1.807) is 42.5 Å². The molecule has 3 aromatic carbocycles. The average molecular weight is 480 g/mol. The summed E-state index contributed by atoms with van der Waals surface area (Å²) in [6, 6.07) is 19.4. The molecular formula is C24H18BrNO5. The summed E-state index contributed by atoms with van der Waals surface area (Å²) >= 11 is 3.43. The number of para-hydroxylation sites is 1. The lowest BCUT2D eigenvalue weighted by Gasteiger charge is -2.09. The lowest BCUT2D eigenvalue weighted by atomic mass is 10.1. The summed E-state index contributed by atoms with van der Waals surface area (Å²) in [7, 11) is 0. The van der Waals surface area contributed by atoms with E-state index in [4.69, 9.17) is 9.47 Å². The normalized spacial score (nSPS) is 12.6. The standard InChI is InChI=1S/C24H18BrNO5/c25-19-3-1-2-4-22(19)31-18-8-5-15(6-9-18)13-20(24(28)29)26-23(27)17-7-10-21-16(14-17)11-12-30-21/h1-10,13-14H,11-12H2,(H,26,27)(H,28,29)/b20-13-. The van der Waals surface area contributed by atoms with E-state index in [2.05, 4.69) is 21.2 Å². The Kier molecular flexibility index (Phi) is 6.04. The highest BCUT2D eigenvalue weighted by Crippen LogP contribution is 2.29. The van der Waals surface area contributed by atoms with E-state index in [1.165, 1.54) is 6.08 Å². The fraction of sp³-hybridized carbons (Fsp3) is 0.0833. The van der Waals surface area contributed by atoms with Gasteiger partial charge in [0.25, 0.3) is 5.91 Å². The van der Waals surface area contributed by atoms with Gasteiger partial charge in [-0.3, -0.25) is 4.79 Å². The summed E-state index contributed by atoms with van der Waals surface area (Å²) in [5, 5.41) is 12.0. The smallest absolute Gasteiger partial charge is 0.352 e. The molecule has 0 radical (unpaired) electrons. The Morgan fingerprint density at radius 3 is 2.58 bits per heavy atom. The van der Waals surface area contributed by atoms with Gasteiger partial charge in [0, 0.05) is 12.0 Å². The molecule has 4 rings (SSSR count). The highest BCUT2D eigenvalue weighted by molar-refractivity contribution is 9.10. The number of ether oxygens (including phenoxy) is 2. The summed E-state index contributed by atoms with van der Waals surface area (Å²) in [4.78, 5) is 24.2. The first-order valence-corrected chi connectivity index (χ1v) is 10.3. The van der Waals surface area contributed by atoms with Crippen molar-refractivity contribution in [3.8, 4) is 17.2 Å². The second-order valence-electron chi connectivity index (χ2n) is 6.84. The van der Waals surface area contributed by atoms with E-state index < -0.39 is 11.9 Å². The Morgan fingerprint density at radius 1 is 1.06 bits per heavy atom. The minimum Gasteiger partial charge on any atom is -0.493 e. The third-order valence-corrected chi connectivity index (χ3v) is 5.34. The van der Waals surface area contributed by atoms with Gasteiger partial charge in [-0.1, -0.05) is 24.3 Å². The zero-order valence-corrected chi connectivity index (χ0v) is 17.9. The van der Waals surface area contributed by atoms with Crippen molar-refractivity contribution in [2.24, 2.45) is 0 Å². The number of hydrogen-bond acceptors (Lipinski definition) is 4. The fourth-order valence-corrected chi connectivity index (χ4v) is 3.49. The van der Waals surface area contributed by atoms with Gasteiger partial charge in [0.05, 0.1) is 11.1 Å². The first-order valence-electron chi connectivity index (χ1n) is 9.54. The Morgan fingerprint density at radius 2 is 1.84 bits per heavy atom. The van der Waals surface area contributed by atoms with Gasteiger partial charge in [0.1, 0.15) is 22.9 Å².